The summed E-state index contributed by atoms with van der Waals surface area (Å²) in [5.41, 5.74) is 0. The molecule has 2 heterocycles. The van der Waals surface area contributed by atoms with E-state index in [9.17, 15) is 0 Å². The number of aromatic nitrogens is 2. The van der Waals surface area contributed by atoms with Gasteiger partial charge < -0.3 is 20.1 Å². The van der Waals surface area contributed by atoms with Gasteiger partial charge >= 0.3 is 0 Å². The average molecular weight is 236 g/mol. The zero-order valence-corrected chi connectivity index (χ0v) is 9.93. The first-order chi connectivity index (χ1) is 8.31. The van der Waals surface area contributed by atoms with Gasteiger partial charge in [-0.15, -0.1) is 0 Å². The van der Waals surface area contributed by atoms with Gasteiger partial charge in [0.05, 0.1) is 20.3 Å². The van der Waals surface area contributed by atoms with E-state index in [1.165, 1.54) is 0 Å². The van der Waals surface area contributed by atoms with Crippen LogP contribution in [-0.4, -0.2) is 43.3 Å². The van der Waals surface area contributed by atoms with E-state index in [0.717, 1.165) is 24.9 Å². The molecule has 6 heteroatoms. The predicted octanol–water partition coefficient (Wildman–Crippen LogP) is 0.123. The normalized spacial score (nSPS) is 29.6. The van der Waals surface area contributed by atoms with Gasteiger partial charge in [-0.3, -0.25) is 0 Å². The molecule has 6 nitrogen and oxygen atoms in total. The summed E-state index contributed by atoms with van der Waals surface area (Å²) < 4.78 is 10.2. The van der Waals surface area contributed by atoms with Crippen molar-refractivity contribution >= 4 is 5.95 Å². The highest BCUT2D eigenvalue weighted by molar-refractivity contribution is 5.37. The fourth-order valence-electron chi connectivity index (χ4n) is 2.46. The Labute approximate surface area is 99.7 Å². The van der Waals surface area contributed by atoms with Crippen LogP contribution < -0.4 is 20.1 Å². The lowest BCUT2D eigenvalue weighted by atomic mass is 10.4. The second-order valence-electron chi connectivity index (χ2n) is 4.43. The quantitative estimate of drug-likeness (QED) is 0.774. The summed E-state index contributed by atoms with van der Waals surface area (Å²) in [4.78, 5) is 8.52. The Morgan fingerprint density at radius 1 is 1.18 bits per heavy atom. The summed E-state index contributed by atoms with van der Waals surface area (Å²) in [6.07, 6.45) is 0. The van der Waals surface area contributed by atoms with E-state index >= 15 is 0 Å². The first-order valence-corrected chi connectivity index (χ1v) is 5.76. The number of nitrogens with zero attached hydrogens (tertiary/aromatic N) is 2. The number of ether oxygens (including phenoxy) is 2. The fraction of sp³-hybridized carbons (Fsp3) is 0.636. The third-order valence-corrected chi connectivity index (χ3v) is 3.48. The molecular formula is C11H16N4O2. The number of nitrogens with one attached hydrogen (secondary N) is 2. The molecular weight excluding hydrogens is 220 g/mol. The van der Waals surface area contributed by atoms with Gasteiger partial charge in [-0.2, -0.15) is 9.97 Å². The van der Waals surface area contributed by atoms with Gasteiger partial charge in [-0.05, 0) is 11.8 Å². The summed E-state index contributed by atoms with van der Waals surface area (Å²) in [7, 11) is 3.17. The van der Waals surface area contributed by atoms with E-state index < -0.39 is 0 Å². The highest BCUT2D eigenvalue weighted by Gasteiger charge is 2.53. The monoisotopic (exact) mass is 236 g/mol. The van der Waals surface area contributed by atoms with Crippen molar-refractivity contribution in [3.63, 3.8) is 0 Å². The SMILES string of the molecule is COc1cc(OC)nc(NC2C3CNCC32)n1. The van der Waals surface area contributed by atoms with E-state index in [1.54, 1.807) is 20.3 Å². The number of anilines is 1. The third kappa shape index (κ3) is 1.88. The highest BCUT2D eigenvalue weighted by atomic mass is 16.5. The van der Waals surface area contributed by atoms with E-state index in [4.69, 9.17) is 9.47 Å². The van der Waals surface area contributed by atoms with Crippen LogP contribution in [0.25, 0.3) is 0 Å². The van der Waals surface area contributed by atoms with Crippen molar-refractivity contribution in [1.82, 2.24) is 15.3 Å². The van der Waals surface area contributed by atoms with Crippen LogP contribution in [0.2, 0.25) is 0 Å². The zero-order valence-electron chi connectivity index (χ0n) is 9.93. The summed E-state index contributed by atoms with van der Waals surface area (Å²) in [5, 5.41) is 6.70. The lowest BCUT2D eigenvalue weighted by Gasteiger charge is -2.09. The van der Waals surface area contributed by atoms with Crippen LogP contribution in [0.5, 0.6) is 11.8 Å². The molecule has 0 bridgehead atoms. The van der Waals surface area contributed by atoms with E-state index in [1.807, 2.05) is 0 Å². The van der Waals surface area contributed by atoms with Crippen LogP contribution in [0.4, 0.5) is 5.95 Å². The van der Waals surface area contributed by atoms with E-state index in [2.05, 4.69) is 20.6 Å². The van der Waals surface area contributed by atoms with Gasteiger partial charge in [-0.25, -0.2) is 0 Å². The molecule has 0 spiro atoms. The maximum absolute atomic E-state index is 5.11. The van der Waals surface area contributed by atoms with Gasteiger partial charge in [0, 0.05) is 19.1 Å². The van der Waals surface area contributed by atoms with E-state index in [-0.39, 0.29) is 0 Å². The van der Waals surface area contributed by atoms with Gasteiger partial charge in [-0.1, -0.05) is 0 Å². The minimum absolute atomic E-state index is 0.494. The lowest BCUT2D eigenvalue weighted by molar-refractivity contribution is 0.372. The van der Waals surface area contributed by atoms with Crippen LogP contribution in [0.3, 0.4) is 0 Å². The van der Waals surface area contributed by atoms with Gasteiger partial charge in [0.15, 0.2) is 0 Å². The van der Waals surface area contributed by atoms with Crippen molar-refractivity contribution in [3.8, 4) is 11.8 Å². The smallest absolute Gasteiger partial charge is 0.229 e. The summed E-state index contributed by atoms with van der Waals surface area (Å²) in [6, 6.07) is 2.16. The number of rotatable bonds is 4. The summed E-state index contributed by atoms with van der Waals surface area (Å²) >= 11 is 0. The fourth-order valence-corrected chi connectivity index (χ4v) is 2.46. The van der Waals surface area contributed by atoms with Gasteiger partial charge in [0.1, 0.15) is 0 Å². The Morgan fingerprint density at radius 2 is 1.76 bits per heavy atom. The molecule has 92 valence electrons. The molecule has 0 aromatic carbocycles. The summed E-state index contributed by atoms with van der Waals surface area (Å²) in [6.45, 7) is 2.17. The summed E-state index contributed by atoms with van der Waals surface area (Å²) in [5.74, 6) is 3.05. The molecule has 1 aliphatic heterocycles. The number of piperidine rings is 1. The second-order valence-corrected chi connectivity index (χ2v) is 4.43. The Morgan fingerprint density at radius 3 is 2.29 bits per heavy atom. The highest BCUT2D eigenvalue weighted by Crippen LogP contribution is 2.43. The topological polar surface area (TPSA) is 68.3 Å². The maximum atomic E-state index is 5.11. The van der Waals surface area contributed by atoms with Crippen molar-refractivity contribution in [2.75, 3.05) is 32.6 Å². The molecule has 2 aliphatic rings. The van der Waals surface area contributed by atoms with Crippen molar-refractivity contribution in [3.05, 3.63) is 6.07 Å². The minimum Gasteiger partial charge on any atom is -0.481 e. The zero-order chi connectivity index (χ0) is 11.8. The molecule has 2 unspecified atom stereocenters. The van der Waals surface area contributed by atoms with Crippen molar-refractivity contribution in [2.24, 2.45) is 11.8 Å². The molecule has 0 amide bonds. The average Bonchev–Trinajstić information content (AvgIpc) is 2.79. The first-order valence-electron chi connectivity index (χ1n) is 5.76. The first kappa shape index (κ1) is 10.6. The third-order valence-electron chi connectivity index (χ3n) is 3.48. The lowest BCUT2D eigenvalue weighted by Crippen LogP contribution is -2.22. The molecule has 2 fully saturated rings. The van der Waals surface area contributed by atoms with Crippen molar-refractivity contribution in [1.29, 1.82) is 0 Å². The molecule has 1 aliphatic carbocycles. The largest absolute Gasteiger partial charge is 0.481 e. The molecule has 1 aromatic rings. The molecule has 17 heavy (non-hydrogen) atoms. The molecule has 1 saturated heterocycles. The molecule has 0 radical (unpaired) electrons. The number of fused-ring (bicyclic) bond motifs is 1. The molecule has 1 aromatic heterocycles. The van der Waals surface area contributed by atoms with Crippen LogP contribution in [0.1, 0.15) is 0 Å². The molecule has 2 atom stereocenters. The molecule has 1 saturated carbocycles. The Balaban J connectivity index is 1.73. The van der Waals surface area contributed by atoms with Gasteiger partial charge in [0.25, 0.3) is 0 Å². The number of hydrogen-bond donors (Lipinski definition) is 2. The van der Waals surface area contributed by atoms with Crippen molar-refractivity contribution < 1.29 is 9.47 Å². The van der Waals surface area contributed by atoms with Gasteiger partial charge in [0.2, 0.25) is 17.7 Å². The number of hydrogen-bond acceptors (Lipinski definition) is 6. The van der Waals surface area contributed by atoms with Crippen LogP contribution in [0.15, 0.2) is 6.07 Å². The maximum Gasteiger partial charge on any atom is 0.229 e. The van der Waals surface area contributed by atoms with E-state index in [0.29, 0.717) is 23.8 Å². The number of methoxy groups -OCH3 is 2. The Hall–Kier alpha value is -1.56. The predicted molar refractivity (Wildman–Crippen MR) is 62.4 cm³/mol. The molecule has 2 N–H and O–H groups in total. The van der Waals surface area contributed by atoms with Crippen LogP contribution >= 0.6 is 0 Å². The standard InChI is InChI=1S/C11H16N4O2/c1-16-8-3-9(17-2)14-11(13-8)15-10-6-4-12-5-7(6)10/h3,6-7,10,12H,4-5H2,1-2H3,(H,13,14,15). The Kier molecular flexibility index (Phi) is 2.51. The minimum atomic E-state index is 0.494. The van der Waals surface area contributed by atoms with Crippen LogP contribution in [0, 0.1) is 11.8 Å². The second kappa shape index (κ2) is 4.03. The molecule has 3 rings (SSSR count). The van der Waals surface area contributed by atoms with Crippen LogP contribution in [-0.2, 0) is 0 Å². The van der Waals surface area contributed by atoms with Crippen molar-refractivity contribution in [2.45, 2.75) is 6.04 Å². The Bertz CT molecular complexity index is 394.